The molecule has 3 N–H and O–H groups in total. The third kappa shape index (κ3) is 3.82. The molecule has 1 aromatic rings. The van der Waals surface area contributed by atoms with Gasteiger partial charge in [0.05, 0.1) is 24.9 Å². The fourth-order valence-corrected chi connectivity index (χ4v) is 1.39. The highest BCUT2D eigenvalue weighted by Crippen LogP contribution is 2.17. The maximum Gasteiger partial charge on any atom is 0.226 e. The first-order chi connectivity index (χ1) is 8.55. The van der Waals surface area contributed by atoms with E-state index in [0.717, 1.165) is 0 Å². The highest BCUT2D eigenvalue weighted by Gasteiger charge is 2.27. The monoisotopic (exact) mass is 255 g/mol. The van der Waals surface area contributed by atoms with Crippen molar-refractivity contribution in [2.45, 2.75) is 38.8 Å². The van der Waals surface area contributed by atoms with Crippen LogP contribution >= 0.6 is 0 Å². The maximum atomic E-state index is 9.34. The number of ether oxygens (including phenoxy) is 1. The Kier molecular flexibility index (Phi) is 5.30. The van der Waals surface area contributed by atoms with Crippen LogP contribution in [0, 0.1) is 0 Å². The van der Waals surface area contributed by atoms with E-state index < -0.39 is 5.54 Å². The van der Waals surface area contributed by atoms with Crippen LogP contribution in [0.5, 0.6) is 5.88 Å². The fraction of sp³-hybridized carbons (Fsp3) is 0.667. The molecule has 1 rings (SSSR count). The Morgan fingerprint density at radius 2 is 2.06 bits per heavy atom. The van der Waals surface area contributed by atoms with Crippen molar-refractivity contribution in [2.24, 2.45) is 0 Å². The Balaban J connectivity index is 2.83. The zero-order valence-electron chi connectivity index (χ0n) is 11.1. The smallest absolute Gasteiger partial charge is 0.226 e. The second-order valence-corrected chi connectivity index (χ2v) is 4.46. The number of aromatic nitrogens is 2. The molecule has 102 valence electrons. The minimum Gasteiger partial charge on any atom is -0.475 e. The lowest BCUT2D eigenvalue weighted by Gasteiger charge is -2.29. The van der Waals surface area contributed by atoms with Gasteiger partial charge in [-0.15, -0.1) is 0 Å². The summed E-state index contributed by atoms with van der Waals surface area (Å²) in [7, 11) is 0. The van der Waals surface area contributed by atoms with Gasteiger partial charge in [-0.05, 0) is 20.3 Å². The fourth-order valence-electron chi connectivity index (χ4n) is 1.39. The molecule has 0 bridgehead atoms. The van der Waals surface area contributed by atoms with Gasteiger partial charge in [0.1, 0.15) is 0 Å². The molecule has 0 saturated heterocycles. The molecule has 1 heterocycles. The van der Waals surface area contributed by atoms with Crippen LogP contribution in [0.3, 0.4) is 0 Å². The van der Waals surface area contributed by atoms with Gasteiger partial charge in [-0.25, -0.2) is 4.98 Å². The molecule has 0 aliphatic heterocycles. The lowest BCUT2D eigenvalue weighted by Crippen LogP contribution is -2.45. The van der Waals surface area contributed by atoms with Crippen molar-refractivity contribution in [3.05, 3.63) is 12.3 Å². The van der Waals surface area contributed by atoms with Crippen molar-refractivity contribution in [3.8, 4) is 5.88 Å². The van der Waals surface area contributed by atoms with Crippen LogP contribution in [-0.2, 0) is 0 Å². The summed E-state index contributed by atoms with van der Waals surface area (Å²) in [6, 6.07) is 1.66. The summed E-state index contributed by atoms with van der Waals surface area (Å²) < 4.78 is 5.45. The molecular formula is C12H21N3O3. The van der Waals surface area contributed by atoms with E-state index >= 15 is 0 Å². The molecule has 18 heavy (non-hydrogen) atoms. The van der Waals surface area contributed by atoms with E-state index in [0.29, 0.717) is 18.2 Å². The molecule has 0 saturated carbocycles. The first kappa shape index (κ1) is 14.7. The standard InChI is InChI=1S/C12H21N3O3/c1-4-12(7-16,8-17)15-11-13-6-5-10(14-11)18-9(2)3/h5-6,9,16-17H,4,7-8H2,1-3H3,(H,13,14,15). The Labute approximate surface area is 107 Å². The third-order valence-electron chi connectivity index (χ3n) is 2.65. The maximum absolute atomic E-state index is 9.34. The first-order valence-electron chi connectivity index (χ1n) is 6.05. The van der Waals surface area contributed by atoms with E-state index in [2.05, 4.69) is 15.3 Å². The van der Waals surface area contributed by atoms with Crippen LogP contribution in [0.15, 0.2) is 12.3 Å². The zero-order valence-corrected chi connectivity index (χ0v) is 11.1. The number of aliphatic hydroxyl groups is 2. The summed E-state index contributed by atoms with van der Waals surface area (Å²) in [4.78, 5) is 8.23. The van der Waals surface area contributed by atoms with Crippen molar-refractivity contribution in [2.75, 3.05) is 18.5 Å². The van der Waals surface area contributed by atoms with Crippen molar-refractivity contribution in [1.29, 1.82) is 0 Å². The minimum atomic E-state index is -0.809. The third-order valence-corrected chi connectivity index (χ3v) is 2.65. The second-order valence-electron chi connectivity index (χ2n) is 4.46. The van der Waals surface area contributed by atoms with Crippen molar-refractivity contribution in [3.63, 3.8) is 0 Å². The average Bonchev–Trinajstić information content (AvgIpc) is 2.36. The highest BCUT2D eigenvalue weighted by molar-refractivity contribution is 5.32. The minimum absolute atomic E-state index is 0.0272. The van der Waals surface area contributed by atoms with Gasteiger partial charge in [0.2, 0.25) is 11.8 Å². The number of nitrogens with one attached hydrogen (secondary N) is 1. The van der Waals surface area contributed by atoms with Crippen molar-refractivity contribution in [1.82, 2.24) is 9.97 Å². The van der Waals surface area contributed by atoms with Crippen LogP contribution in [0.1, 0.15) is 27.2 Å². The molecule has 0 radical (unpaired) electrons. The van der Waals surface area contributed by atoms with Gasteiger partial charge in [-0.1, -0.05) is 6.92 Å². The molecule has 0 spiro atoms. The molecule has 0 unspecified atom stereocenters. The van der Waals surface area contributed by atoms with Gasteiger partial charge < -0.3 is 20.3 Å². The molecule has 0 aliphatic rings. The van der Waals surface area contributed by atoms with Crippen LogP contribution in [0.25, 0.3) is 0 Å². The Bertz CT molecular complexity index is 359. The quantitative estimate of drug-likeness (QED) is 0.668. The number of anilines is 1. The summed E-state index contributed by atoms with van der Waals surface area (Å²) in [6.07, 6.45) is 2.15. The van der Waals surface area contributed by atoms with E-state index in [4.69, 9.17) is 4.74 Å². The summed E-state index contributed by atoms with van der Waals surface area (Å²) in [5.74, 6) is 0.793. The number of hydrogen-bond acceptors (Lipinski definition) is 6. The normalized spacial score (nSPS) is 11.7. The van der Waals surface area contributed by atoms with Crippen LogP contribution in [-0.4, -0.2) is 45.0 Å². The van der Waals surface area contributed by atoms with E-state index in [1.807, 2.05) is 20.8 Å². The van der Waals surface area contributed by atoms with Crippen LogP contribution in [0.2, 0.25) is 0 Å². The van der Waals surface area contributed by atoms with Crippen LogP contribution < -0.4 is 10.1 Å². The summed E-state index contributed by atoms with van der Waals surface area (Å²) >= 11 is 0. The van der Waals surface area contributed by atoms with Gasteiger partial charge >= 0.3 is 0 Å². The Morgan fingerprint density at radius 3 is 2.56 bits per heavy atom. The molecular weight excluding hydrogens is 234 g/mol. The summed E-state index contributed by atoms with van der Waals surface area (Å²) in [5.41, 5.74) is -0.809. The second kappa shape index (κ2) is 6.51. The van der Waals surface area contributed by atoms with Crippen molar-refractivity contribution < 1.29 is 14.9 Å². The SMILES string of the molecule is CCC(CO)(CO)Nc1nccc(OC(C)C)n1. The van der Waals surface area contributed by atoms with Gasteiger partial charge in [0, 0.05) is 12.3 Å². The lowest BCUT2D eigenvalue weighted by molar-refractivity contribution is 0.132. The molecule has 0 amide bonds. The number of rotatable bonds is 7. The topological polar surface area (TPSA) is 87.5 Å². The average molecular weight is 255 g/mol. The molecule has 0 aromatic carbocycles. The van der Waals surface area contributed by atoms with E-state index in [1.54, 1.807) is 12.3 Å². The molecule has 6 heteroatoms. The molecule has 6 nitrogen and oxygen atoms in total. The van der Waals surface area contributed by atoms with Gasteiger partial charge in [-0.3, -0.25) is 0 Å². The van der Waals surface area contributed by atoms with E-state index in [-0.39, 0.29) is 19.3 Å². The van der Waals surface area contributed by atoms with Crippen molar-refractivity contribution >= 4 is 5.95 Å². The van der Waals surface area contributed by atoms with Gasteiger partial charge in [0.25, 0.3) is 0 Å². The molecule has 0 fully saturated rings. The van der Waals surface area contributed by atoms with Gasteiger partial charge in [0.15, 0.2) is 0 Å². The first-order valence-corrected chi connectivity index (χ1v) is 6.05. The zero-order chi connectivity index (χ0) is 13.6. The predicted octanol–water partition coefficient (Wildman–Crippen LogP) is 0.809. The largest absolute Gasteiger partial charge is 0.475 e. The lowest BCUT2D eigenvalue weighted by atomic mass is 9.99. The number of hydrogen-bond donors (Lipinski definition) is 3. The molecule has 0 atom stereocenters. The number of aliphatic hydroxyl groups excluding tert-OH is 2. The summed E-state index contributed by atoms with van der Waals surface area (Å²) in [6.45, 7) is 5.30. The predicted molar refractivity (Wildman–Crippen MR) is 68.6 cm³/mol. The Morgan fingerprint density at radius 1 is 1.39 bits per heavy atom. The van der Waals surface area contributed by atoms with Crippen LogP contribution in [0.4, 0.5) is 5.95 Å². The van der Waals surface area contributed by atoms with Gasteiger partial charge in [-0.2, -0.15) is 4.98 Å². The summed E-state index contributed by atoms with van der Waals surface area (Å²) in [5, 5.41) is 21.6. The highest BCUT2D eigenvalue weighted by atomic mass is 16.5. The molecule has 1 aromatic heterocycles. The number of nitrogens with zero attached hydrogens (tertiary/aromatic N) is 2. The van der Waals surface area contributed by atoms with E-state index in [1.165, 1.54) is 0 Å². The van der Waals surface area contributed by atoms with E-state index in [9.17, 15) is 10.2 Å². The Hall–Kier alpha value is -1.40. The molecule has 0 aliphatic carbocycles.